The van der Waals surface area contributed by atoms with Gasteiger partial charge in [0.05, 0.1) is 0 Å². The molecule has 2 nitrogen and oxygen atoms in total. The Morgan fingerprint density at radius 1 is 1.42 bits per heavy atom. The van der Waals surface area contributed by atoms with Gasteiger partial charge in [0, 0.05) is 10.5 Å². The van der Waals surface area contributed by atoms with Crippen molar-refractivity contribution in [2.45, 2.75) is 13.3 Å². The first kappa shape index (κ1) is 9.58. The molecule has 0 atom stereocenters. The maximum atomic E-state index is 8.90. The van der Waals surface area contributed by atoms with E-state index >= 15 is 0 Å². The predicted molar refractivity (Wildman–Crippen MR) is 50.7 cm³/mol. The normalized spacial score (nSPS) is 10.0. The van der Waals surface area contributed by atoms with E-state index in [0.717, 1.165) is 12.0 Å². The van der Waals surface area contributed by atoms with E-state index in [0.29, 0.717) is 10.5 Å². The van der Waals surface area contributed by atoms with E-state index in [9.17, 15) is 0 Å². The number of benzene rings is 1. The molecule has 0 aromatic heterocycles. The summed E-state index contributed by atoms with van der Waals surface area (Å²) in [4.78, 5) is 0. The van der Waals surface area contributed by atoms with Crippen molar-refractivity contribution in [3.8, 4) is 0 Å². The third kappa shape index (κ3) is 2.00. The largest absolute Gasteiger partial charge is 0.489 e. The Morgan fingerprint density at radius 3 is 2.58 bits per heavy atom. The van der Waals surface area contributed by atoms with Crippen LogP contribution < -0.4 is 5.46 Å². The molecule has 1 aromatic rings. The molecule has 0 bridgehead atoms. The first-order valence-electron chi connectivity index (χ1n) is 3.79. The topological polar surface area (TPSA) is 40.5 Å². The molecule has 0 saturated heterocycles. The van der Waals surface area contributed by atoms with Crippen molar-refractivity contribution in [2.75, 3.05) is 0 Å². The van der Waals surface area contributed by atoms with E-state index in [1.54, 1.807) is 12.1 Å². The van der Waals surface area contributed by atoms with Crippen LogP contribution in [-0.2, 0) is 6.42 Å². The smallest absolute Gasteiger partial charge is 0.423 e. The van der Waals surface area contributed by atoms with Gasteiger partial charge >= 0.3 is 7.12 Å². The Hall–Kier alpha value is -0.505. The molecule has 1 rings (SSSR count). The Balaban J connectivity index is 3.08. The molecule has 4 heteroatoms. The van der Waals surface area contributed by atoms with Crippen LogP contribution in [0.2, 0.25) is 5.02 Å². The van der Waals surface area contributed by atoms with Crippen LogP contribution in [0.15, 0.2) is 18.2 Å². The highest BCUT2D eigenvalue weighted by Crippen LogP contribution is 2.08. The van der Waals surface area contributed by atoms with E-state index in [1.807, 2.05) is 13.0 Å². The van der Waals surface area contributed by atoms with Gasteiger partial charge in [-0.05, 0) is 18.1 Å². The Morgan fingerprint density at radius 2 is 2.08 bits per heavy atom. The van der Waals surface area contributed by atoms with Gasteiger partial charge in [-0.2, -0.15) is 0 Å². The second-order valence-corrected chi connectivity index (χ2v) is 2.99. The van der Waals surface area contributed by atoms with Crippen LogP contribution in [0.25, 0.3) is 0 Å². The highest BCUT2D eigenvalue weighted by molar-refractivity contribution is 6.62. The zero-order chi connectivity index (χ0) is 9.14. The van der Waals surface area contributed by atoms with Gasteiger partial charge < -0.3 is 10.0 Å². The minimum Gasteiger partial charge on any atom is -0.423 e. The molecule has 0 spiro atoms. The third-order valence-electron chi connectivity index (χ3n) is 1.75. The van der Waals surface area contributed by atoms with Crippen LogP contribution in [0, 0.1) is 0 Å². The third-order valence-corrected chi connectivity index (χ3v) is 2.09. The van der Waals surface area contributed by atoms with Crippen LogP contribution in [0.3, 0.4) is 0 Å². The number of aryl methyl sites for hydroxylation is 1. The summed E-state index contributed by atoms with van der Waals surface area (Å²) in [6.45, 7) is 2.00. The summed E-state index contributed by atoms with van der Waals surface area (Å²) in [5, 5.41) is 18.2. The first-order valence-corrected chi connectivity index (χ1v) is 4.17. The molecule has 0 saturated carbocycles. The van der Waals surface area contributed by atoms with Crippen molar-refractivity contribution < 1.29 is 10.0 Å². The monoisotopic (exact) mass is 184 g/mol. The van der Waals surface area contributed by atoms with Crippen molar-refractivity contribution >= 4 is 24.2 Å². The summed E-state index contributed by atoms with van der Waals surface area (Å²) in [5.41, 5.74) is 1.42. The maximum absolute atomic E-state index is 8.90. The molecule has 12 heavy (non-hydrogen) atoms. The van der Waals surface area contributed by atoms with Crippen LogP contribution >= 0.6 is 11.6 Å². The van der Waals surface area contributed by atoms with Crippen molar-refractivity contribution in [2.24, 2.45) is 0 Å². The zero-order valence-electron chi connectivity index (χ0n) is 6.79. The Labute approximate surface area is 76.9 Å². The number of hydrogen-bond donors (Lipinski definition) is 2. The minimum absolute atomic E-state index is 0.371. The molecule has 0 fully saturated rings. The van der Waals surface area contributed by atoms with Gasteiger partial charge in [0.25, 0.3) is 0 Å². The van der Waals surface area contributed by atoms with Crippen LogP contribution in [0.1, 0.15) is 12.5 Å². The summed E-state index contributed by atoms with van der Waals surface area (Å²) < 4.78 is 0. The lowest BCUT2D eigenvalue weighted by atomic mass is 9.79. The van der Waals surface area contributed by atoms with E-state index < -0.39 is 7.12 Å². The van der Waals surface area contributed by atoms with Crippen LogP contribution in [0.4, 0.5) is 0 Å². The van der Waals surface area contributed by atoms with Crippen LogP contribution in [0.5, 0.6) is 0 Å². The maximum Gasteiger partial charge on any atom is 0.489 e. The number of rotatable bonds is 2. The van der Waals surface area contributed by atoms with Gasteiger partial charge in [0.1, 0.15) is 0 Å². The fourth-order valence-corrected chi connectivity index (χ4v) is 1.23. The van der Waals surface area contributed by atoms with E-state index in [2.05, 4.69) is 0 Å². The standard InChI is InChI=1S/C8H10BClO2/c1-2-6-3-4-8(10)7(5-6)9(11)12/h3-5,11-12H,2H2,1H3. The highest BCUT2D eigenvalue weighted by Gasteiger charge is 2.14. The summed E-state index contributed by atoms with van der Waals surface area (Å²) in [7, 11) is -1.48. The molecule has 0 aliphatic carbocycles. The first-order chi connectivity index (χ1) is 5.65. The van der Waals surface area contributed by atoms with E-state index in [1.165, 1.54) is 0 Å². The van der Waals surface area contributed by atoms with Crippen molar-refractivity contribution in [3.63, 3.8) is 0 Å². The molecule has 0 amide bonds. The van der Waals surface area contributed by atoms with Crippen molar-refractivity contribution in [1.82, 2.24) is 0 Å². The lowest BCUT2D eigenvalue weighted by Crippen LogP contribution is -2.31. The van der Waals surface area contributed by atoms with Crippen molar-refractivity contribution in [1.29, 1.82) is 0 Å². The average molecular weight is 184 g/mol. The second-order valence-electron chi connectivity index (χ2n) is 2.58. The van der Waals surface area contributed by atoms with Crippen LogP contribution in [-0.4, -0.2) is 17.2 Å². The predicted octanol–water partition coefficient (Wildman–Crippen LogP) is 0.582. The summed E-state index contributed by atoms with van der Waals surface area (Å²) >= 11 is 5.73. The molecule has 0 radical (unpaired) electrons. The van der Waals surface area contributed by atoms with Gasteiger partial charge in [-0.3, -0.25) is 0 Å². The minimum atomic E-state index is -1.48. The number of halogens is 1. The highest BCUT2D eigenvalue weighted by atomic mass is 35.5. The van der Waals surface area contributed by atoms with Gasteiger partial charge in [0.15, 0.2) is 0 Å². The quantitative estimate of drug-likeness (QED) is 0.660. The fourth-order valence-electron chi connectivity index (χ4n) is 1.01. The van der Waals surface area contributed by atoms with Gasteiger partial charge in [0.2, 0.25) is 0 Å². The molecular weight excluding hydrogens is 174 g/mol. The second kappa shape index (κ2) is 3.94. The summed E-state index contributed by atoms with van der Waals surface area (Å²) in [5.74, 6) is 0. The van der Waals surface area contributed by atoms with E-state index in [4.69, 9.17) is 21.6 Å². The Bertz CT molecular complexity index is 276. The van der Waals surface area contributed by atoms with Gasteiger partial charge in [-0.1, -0.05) is 30.7 Å². The molecule has 0 aliphatic heterocycles. The molecule has 0 unspecified atom stereocenters. The Kier molecular flexibility index (Phi) is 3.15. The van der Waals surface area contributed by atoms with Gasteiger partial charge in [-0.25, -0.2) is 0 Å². The van der Waals surface area contributed by atoms with E-state index in [-0.39, 0.29) is 0 Å². The number of hydrogen-bond acceptors (Lipinski definition) is 2. The van der Waals surface area contributed by atoms with Gasteiger partial charge in [-0.15, -0.1) is 0 Å². The zero-order valence-corrected chi connectivity index (χ0v) is 7.54. The average Bonchev–Trinajstić information content (AvgIpc) is 2.05. The molecule has 2 N–H and O–H groups in total. The molecule has 64 valence electrons. The molecule has 0 heterocycles. The summed E-state index contributed by atoms with van der Waals surface area (Å²) in [6.07, 6.45) is 0.858. The lowest BCUT2D eigenvalue weighted by Gasteiger charge is -2.04. The molecule has 0 aliphatic rings. The molecule has 1 aromatic carbocycles. The SMILES string of the molecule is CCc1ccc(Cl)c(B(O)O)c1. The van der Waals surface area contributed by atoms with Crippen molar-refractivity contribution in [3.05, 3.63) is 28.8 Å². The molecular formula is C8H10BClO2. The fraction of sp³-hybridized carbons (Fsp3) is 0.250. The summed E-state index contributed by atoms with van der Waals surface area (Å²) in [6, 6.07) is 5.25. The lowest BCUT2D eigenvalue weighted by molar-refractivity contribution is 0.426.